The number of anilines is 1. The molecule has 0 bridgehead atoms. The first-order valence-corrected chi connectivity index (χ1v) is 10.9. The van der Waals surface area contributed by atoms with Gasteiger partial charge in [0.25, 0.3) is 0 Å². The number of hydrogen-bond acceptors (Lipinski definition) is 4. The standard InChI is InChI=1S/C22H27ClFN5O/c1-3-25-22(30)29-11-9-28(10-12-29)21-16(13-17-18(23)5-4-6-19(17)24)14(2)26-20(27-21)15-7-8-15/h4-6,15H,3,7-13H2,1-2H3,(H,25,30). The Morgan fingerprint density at radius 3 is 2.57 bits per heavy atom. The molecule has 0 radical (unpaired) electrons. The third-order valence-corrected chi connectivity index (χ3v) is 6.12. The number of urea groups is 1. The monoisotopic (exact) mass is 431 g/mol. The van der Waals surface area contributed by atoms with Gasteiger partial charge in [-0.3, -0.25) is 0 Å². The van der Waals surface area contributed by atoms with Crippen LogP contribution in [0.15, 0.2) is 18.2 Å². The van der Waals surface area contributed by atoms with Crippen LogP contribution < -0.4 is 10.2 Å². The van der Waals surface area contributed by atoms with E-state index in [0.717, 1.165) is 35.7 Å². The molecule has 1 aromatic carbocycles. The highest BCUT2D eigenvalue weighted by molar-refractivity contribution is 6.31. The molecule has 1 N–H and O–H groups in total. The molecule has 2 aliphatic rings. The minimum atomic E-state index is -0.319. The molecule has 30 heavy (non-hydrogen) atoms. The van der Waals surface area contributed by atoms with Crippen molar-refractivity contribution < 1.29 is 9.18 Å². The van der Waals surface area contributed by atoms with Gasteiger partial charge in [-0.2, -0.15) is 0 Å². The highest BCUT2D eigenvalue weighted by Crippen LogP contribution is 2.40. The molecule has 2 amide bonds. The maximum absolute atomic E-state index is 14.5. The SMILES string of the molecule is CCNC(=O)N1CCN(c2nc(C3CC3)nc(C)c2Cc2c(F)cccc2Cl)CC1. The average Bonchev–Trinajstić information content (AvgIpc) is 3.57. The van der Waals surface area contributed by atoms with E-state index in [1.165, 1.54) is 6.07 Å². The Morgan fingerprint density at radius 2 is 1.93 bits per heavy atom. The van der Waals surface area contributed by atoms with E-state index in [1.54, 1.807) is 12.1 Å². The van der Waals surface area contributed by atoms with E-state index in [-0.39, 0.29) is 11.8 Å². The van der Waals surface area contributed by atoms with Gasteiger partial charge < -0.3 is 15.1 Å². The second-order valence-electron chi connectivity index (χ2n) is 7.93. The fraction of sp³-hybridized carbons (Fsp3) is 0.500. The Labute approximate surface area is 181 Å². The van der Waals surface area contributed by atoms with E-state index in [0.29, 0.717) is 55.6 Å². The summed E-state index contributed by atoms with van der Waals surface area (Å²) in [6, 6.07) is 4.72. The van der Waals surface area contributed by atoms with Gasteiger partial charge in [0, 0.05) is 66.9 Å². The summed E-state index contributed by atoms with van der Waals surface area (Å²) in [5.74, 6) is 1.82. The van der Waals surface area contributed by atoms with E-state index in [1.807, 2.05) is 18.7 Å². The first-order valence-electron chi connectivity index (χ1n) is 10.6. The Morgan fingerprint density at radius 1 is 1.20 bits per heavy atom. The molecule has 0 unspecified atom stereocenters. The lowest BCUT2D eigenvalue weighted by molar-refractivity contribution is 0.195. The van der Waals surface area contributed by atoms with E-state index >= 15 is 0 Å². The van der Waals surface area contributed by atoms with Crippen molar-refractivity contribution in [2.24, 2.45) is 0 Å². The molecule has 2 fully saturated rings. The van der Waals surface area contributed by atoms with E-state index in [4.69, 9.17) is 21.6 Å². The topological polar surface area (TPSA) is 61.4 Å². The zero-order valence-electron chi connectivity index (χ0n) is 17.4. The summed E-state index contributed by atoms with van der Waals surface area (Å²) in [5, 5.41) is 3.26. The number of nitrogens with zero attached hydrogens (tertiary/aromatic N) is 4. The fourth-order valence-corrected chi connectivity index (χ4v) is 4.09. The number of halogens is 2. The maximum Gasteiger partial charge on any atom is 0.317 e. The Balaban J connectivity index is 1.64. The molecular formula is C22H27ClFN5O. The van der Waals surface area contributed by atoms with E-state index in [2.05, 4.69) is 10.2 Å². The van der Waals surface area contributed by atoms with Gasteiger partial charge in [-0.1, -0.05) is 17.7 Å². The number of rotatable bonds is 5. The van der Waals surface area contributed by atoms with Crippen LogP contribution in [0.25, 0.3) is 0 Å². The summed E-state index contributed by atoms with van der Waals surface area (Å²) >= 11 is 6.30. The van der Waals surface area contributed by atoms with Crippen LogP contribution >= 0.6 is 11.6 Å². The quantitative estimate of drug-likeness (QED) is 0.780. The minimum absolute atomic E-state index is 0.0342. The predicted molar refractivity (Wildman–Crippen MR) is 116 cm³/mol. The number of amides is 2. The predicted octanol–water partition coefficient (Wildman–Crippen LogP) is 3.90. The van der Waals surface area contributed by atoms with Crippen LogP contribution in [0, 0.1) is 12.7 Å². The van der Waals surface area contributed by atoms with Crippen molar-refractivity contribution in [1.29, 1.82) is 0 Å². The van der Waals surface area contributed by atoms with Crippen LogP contribution in [-0.2, 0) is 6.42 Å². The highest BCUT2D eigenvalue weighted by Gasteiger charge is 2.31. The van der Waals surface area contributed by atoms with Gasteiger partial charge in [-0.25, -0.2) is 19.2 Å². The van der Waals surface area contributed by atoms with Gasteiger partial charge in [-0.15, -0.1) is 0 Å². The van der Waals surface area contributed by atoms with Crippen molar-refractivity contribution in [1.82, 2.24) is 20.2 Å². The van der Waals surface area contributed by atoms with E-state index in [9.17, 15) is 9.18 Å². The number of carbonyl (C=O) groups is 1. The van der Waals surface area contributed by atoms with Crippen LogP contribution in [-0.4, -0.2) is 53.6 Å². The number of aromatic nitrogens is 2. The first kappa shape index (κ1) is 20.8. The number of piperazine rings is 1. The summed E-state index contributed by atoms with van der Waals surface area (Å²) in [6.07, 6.45) is 2.57. The van der Waals surface area contributed by atoms with E-state index < -0.39 is 0 Å². The highest BCUT2D eigenvalue weighted by atomic mass is 35.5. The summed E-state index contributed by atoms with van der Waals surface area (Å²) in [7, 11) is 0. The van der Waals surface area contributed by atoms with Crippen LogP contribution in [0.2, 0.25) is 5.02 Å². The Hall–Kier alpha value is -2.41. The third kappa shape index (κ3) is 4.36. The summed E-state index contributed by atoms with van der Waals surface area (Å²) in [4.78, 5) is 25.8. The third-order valence-electron chi connectivity index (χ3n) is 5.76. The van der Waals surface area contributed by atoms with Gasteiger partial charge in [-0.05, 0) is 38.8 Å². The Kier molecular flexibility index (Phi) is 6.09. The number of hydrogen-bond donors (Lipinski definition) is 1. The lowest BCUT2D eigenvalue weighted by atomic mass is 10.0. The fourth-order valence-electron chi connectivity index (χ4n) is 3.86. The van der Waals surface area contributed by atoms with Crippen molar-refractivity contribution in [3.8, 4) is 0 Å². The molecule has 1 saturated carbocycles. The molecule has 4 rings (SSSR count). The van der Waals surface area contributed by atoms with Crippen LogP contribution in [0.1, 0.15) is 48.3 Å². The molecule has 0 atom stereocenters. The summed E-state index contributed by atoms with van der Waals surface area (Å²) in [5.41, 5.74) is 2.23. The zero-order valence-corrected chi connectivity index (χ0v) is 18.2. The average molecular weight is 432 g/mol. The van der Waals surface area contributed by atoms with Crippen molar-refractivity contribution in [3.05, 3.63) is 51.7 Å². The second kappa shape index (κ2) is 8.76. The number of nitrogens with one attached hydrogen (secondary N) is 1. The molecule has 1 aliphatic heterocycles. The minimum Gasteiger partial charge on any atom is -0.353 e. The Bertz CT molecular complexity index is 921. The lowest BCUT2D eigenvalue weighted by Crippen LogP contribution is -2.52. The summed E-state index contributed by atoms with van der Waals surface area (Å²) < 4.78 is 14.5. The van der Waals surface area contributed by atoms with Gasteiger partial charge in [0.15, 0.2) is 0 Å². The molecule has 2 heterocycles. The molecule has 1 aromatic heterocycles. The molecule has 6 nitrogen and oxygen atoms in total. The number of aryl methyl sites for hydroxylation is 1. The van der Waals surface area contributed by atoms with Crippen LogP contribution in [0.5, 0.6) is 0 Å². The molecule has 2 aromatic rings. The van der Waals surface area contributed by atoms with Crippen molar-refractivity contribution in [2.75, 3.05) is 37.6 Å². The molecule has 8 heteroatoms. The largest absolute Gasteiger partial charge is 0.353 e. The van der Waals surface area contributed by atoms with Crippen LogP contribution in [0.3, 0.4) is 0 Å². The normalized spacial score (nSPS) is 16.7. The maximum atomic E-state index is 14.5. The van der Waals surface area contributed by atoms with Gasteiger partial charge in [0.05, 0.1) is 0 Å². The first-order chi connectivity index (χ1) is 14.5. The molecule has 0 spiro atoms. The van der Waals surface area contributed by atoms with Crippen molar-refractivity contribution >= 4 is 23.4 Å². The molecule has 1 saturated heterocycles. The molecule has 160 valence electrons. The molecular weight excluding hydrogens is 405 g/mol. The summed E-state index contributed by atoms with van der Waals surface area (Å²) in [6.45, 7) is 7.08. The number of benzene rings is 1. The smallest absolute Gasteiger partial charge is 0.317 e. The lowest BCUT2D eigenvalue weighted by Gasteiger charge is -2.36. The van der Waals surface area contributed by atoms with Gasteiger partial charge in [0.2, 0.25) is 0 Å². The van der Waals surface area contributed by atoms with Crippen LogP contribution in [0.4, 0.5) is 15.0 Å². The van der Waals surface area contributed by atoms with Gasteiger partial charge in [0.1, 0.15) is 17.5 Å². The van der Waals surface area contributed by atoms with Gasteiger partial charge >= 0.3 is 6.03 Å². The number of carbonyl (C=O) groups excluding carboxylic acids is 1. The van der Waals surface area contributed by atoms with Crippen molar-refractivity contribution in [2.45, 2.75) is 39.0 Å². The van der Waals surface area contributed by atoms with Crippen molar-refractivity contribution in [3.63, 3.8) is 0 Å². The molecule has 1 aliphatic carbocycles. The zero-order chi connectivity index (χ0) is 21.3. The second-order valence-corrected chi connectivity index (χ2v) is 8.34.